The lowest BCUT2D eigenvalue weighted by molar-refractivity contribution is -0.142. The fourth-order valence-corrected chi connectivity index (χ4v) is 3.59. The zero-order chi connectivity index (χ0) is 11.3. The van der Waals surface area contributed by atoms with Crippen molar-refractivity contribution < 1.29 is 9.53 Å². The number of rotatable bonds is 2. The molecule has 86 valence electrons. The fourth-order valence-electron chi connectivity index (χ4n) is 1.38. The molecule has 4 heteroatoms. The van der Waals surface area contributed by atoms with E-state index in [1.165, 1.54) is 10.5 Å². The second-order valence-corrected chi connectivity index (χ2v) is 6.12. The SMILES string of the molecule is CCOC(=O)C1C/C(C)=C(/C)SCCS1. The summed E-state index contributed by atoms with van der Waals surface area (Å²) in [4.78, 5) is 13.0. The maximum absolute atomic E-state index is 11.6. The Bertz CT molecular complexity index is 261. The van der Waals surface area contributed by atoms with E-state index < -0.39 is 0 Å². The van der Waals surface area contributed by atoms with Gasteiger partial charge in [-0.1, -0.05) is 5.57 Å². The van der Waals surface area contributed by atoms with Crippen LogP contribution in [0.3, 0.4) is 0 Å². The lowest BCUT2D eigenvalue weighted by Crippen LogP contribution is -2.22. The lowest BCUT2D eigenvalue weighted by Gasteiger charge is -2.19. The van der Waals surface area contributed by atoms with Crippen molar-refractivity contribution in [2.75, 3.05) is 18.1 Å². The number of ether oxygens (including phenoxy) is 1. The summed E-state index contributed by atoms with van der Waals surface area (Å²) in [5, 5.41) is 0.000741. The van der Waals surface area contributed by atoms with Gasteiger partial charge in [-0.25, -0.2) is 0 Å². The molecule has 0 aromatic rings. The number of hydrogen-bond donors (Lipinski definition) is 0. The zero-order valence-electron chi connectivity index (χ0n) is 9.54. The number of carbonyl (C=O) groups excluding carboxylic acids is 1. The minimum absolute atomic E-state index is 0.000741. The van der Waals surface area contributed by atoms with Gasteiger partial charge in [0.1, 0.15) is 5.25 Å². The Kier molecular flexibility index (Phi) is 5.61. The van der Waals surface area contributed by atoms with Gasteiger partial charge in [0.2, 0.25) is 0 Å². The first-order chi connectivity index (χ1) is 7.15. The van der Waals surface area contributed by atoms with Crippen LogP contribution in [-0.4, -0.2) is 29.3 Å². The highest BCUT2D eigenvalue weighted by atomic mass is 32.2. The van der Waals surface area contributed by atoms with Crippen LogP contribution < -0.4 is 0 Å². The van der Waals surface area contributed by atoms with Crippen LogP contribution in [0.1, 0.15) is 27.2 Å². The van der Waals surface area contributed by atoms with Crippen molar-refractivity contribution in [2.24, 2.45) is 0 Å². The summed E-state index contributed by atoms with van der Waals surface area (Å²) in [7, 11) is 0. The summed E-state index contributed by atoms with van der Waals surface area (Å²) in [5.41, 5.74) is 1.32. The van der Waals surface area contributed by atoms with E-state index in [0.717, 1.165) is 17.9 Å². The highest BCUT2D eigenvalue weighted by Gasteiger charge is 2.22. The fraction of sp³-hybridized carbons (Fsp3) is 0.727. The van der Waals surface area contributed by atoms with Crippen LogP contribution >= 0.6 is 23.5 Å². The number of thioether (sulfide) groups is 2. The summed E-state index contributed by atoms with van der Waals surface area (Å²) in [5.74, 6) is 2.06. The number of esters is 1. The van der Waals surface area contributed by atoms with Crippen LogP contribution in [0.5, 0.6) is 0 Å². The number of allylic oxidation sites excluding steroid dienone is 2. The van der Waals surface area contributed by atoms with Crippen LogP contribution in [0.15, 0.2) is 10.5 Å². The Morgan fingerprint density at radius 2 is 2.20 bits per heavy atom. The van der Waals surface area contributed by atoms with Crippen LogP contribution in [0.4, 0.5) is 0 Å². The third kappa shape index (κ3) is 4.11. The minimum Gasteiger partial charge on any atom is -0.465 e. The van der Waals surface area contributed by atoms with Crippen molar-refractivity contribution in [3.8, 4) is 0 Å². The van der Waals surface area contributed by atoms with Crippen molar-refractivity contribution >= 4 is 29.5 Å². The van der Waals surface area contributed by atoms with E-state index in [4.69, 9.17) is 4.74 Å². The van der Waals surface area contributed by atoms with E-state index in [1.54, 1.807) is 11.8 Å². The van der Waals surface area contributed by atoms with E-state index >= 15 is 0 Å². The lowest BCUT2D eigenvalue weighted by atomic mass is 10.1. The molecule has 0 amide bonds. The molecule has 0 saturated carbocycles. The molecule has 2 nitrogen and oxygen atoms in total. The van der Waals surface area contributed by atoms with Gasteiger partial charge in [0.25, 0.3) is 0 Å². The van der Waals surface area contributed by atoms with Crippen molar-refractivity contribution in [3.05, 3.63) is 10.5 Å². The van der Waals surface area contributed by atoms with Gasteiger partial charge < -0.3 is 4.74 Å². The van der Waals surface area contributed by atoms with E-state index in [-0.39, 0.29) is 11.2 Å². The average molecular weight is 246 g/mol. The third-order valence-electron chi connectivity index (χ3n) is 2.36. The molecule has 1 heterocycles. The van der Waals surface area contributed by atoms with E-state index in [0.29, 0.717) is 6.61 Å². The van der Waals surface area contributed by atoms with Crippen LogP contribution in [-0.2, 0) is 9.53 Å². The molecule has 15 heavy (non-hydrogen) atoms. The molecule has 1 unspecified atom stereocenters. The van der Waals surface area contributed by atoms with Gasteiger partial charge in [0.05, 0.1) is 6.61 Å². The molecule has 0 N–H and O–H groups in total. The van der Waals surface area contributed by atoms with Crippen molar-refractivity contribution in [2.45, 2.75) is 32.4 Å². The quantitative estimate of drug-likeness (QED) is 0.699. The first kappa shape index (κ1) is 13.0. The molecule has 0 aromatic heterocycles. The van der Waals surface area contributed by atoms with Crippen LogP contribution in [0, 0.1) is 0 Å². The molecule has 1 aliphatic rings. The molecule has 0 aromatic carbocycles. The molecule has 0 fully saturated rings. The first-order valence-electron chi connectivity index (χ1n) is 5.22. The topological polar surface area (TPSA) is 26.3 Å². The van der Waals surface area contributed by atoms with Crippen LogP contribution in [0.2, 0.25) is 0 Å². The summed E-state index contributed by atoms with van der Waals surface area (Å²) < 4.78 is 5.07. The van der Waals surface area contributed by atoms with E-state index in [1.807, 2.05) is 18.7 Å². The predicted molar refractivity (Wildman–Crippen MR) is 68.3 cm³/mol. The highest BCUT2D eigenvalue weighted by Crippen LogP contribution is 2.31. The molecular weight excluding hydrogens is 228 g/mol. The van der Waals surface area contributed by atoms with E-state index in [9.17, 15) is 4.79 Å². The normalized spacial score (nSPS) is 28.1. The third-order valence-corrected chi connectivity index (χ3v) is 5.01. The Hall–Kier alpha value is -0.0900. The number of carbonyl (C=O) groups is 1. The molecule has 0 bridgehead atoms. The Morgan fingerprint density at radius 3 is 2.87 bits per heavy atom. The molecule has 0 radical (unpaired) electrons. The summed E-state index contributed by atoms with van der Waals surface area (Å²) in [6, 6.07) is 0. The average Bonchev–Trinajstić information content (AvgIpc) is 2.19. The smallest absolute Gasteiger partial charge is 0.319 e. The summed E-state index contributed by atoms with van der Waals surface area (Å²) in [6.45, 7) is 6.58. The van der Waals surface area contributed by atoms with Gasteiger partial charge in [-0.3, -0.25) is 4.79 Å². The van der Waals surface area contributed by atoms with Gasteiger partial charge in [-0.15, -0.1) is 23.5 Å². The van der Waals surface area contributed by atoms with Gasteiger partial charge in [-0.05, 0) is 32.1 Å². The molecule has 0 spiro atoms. The maximum atomic E-state index is 11.6. The standard InChI is InChI=1S/C11H18O2S2/c1-4-13-11(12)10-7-8(2)9(3)14-5-6-15-10/h10H,4-7H2,1-3H3/b9-8-. The minimum atomic E-state index is -0.0541. The highest BCUT2D eigenvalue weighted by molar-refractivity contribution is 8.05. The van der Waals surface area contributed by atoms with Gasteiger partial charge >= 0.3 is 5.97 Å². The van der Waals surface area contributed by atoms with E-state index in [2.05, 4.69) is 13.8 Å². The van der Waals surface area contributed by atoms with Crippen molar-refractivity contribution in [1.29, 1.82) is 0 Å². The molecule has 0 aliphatic carbocycles. The second kappa shape index (κ2) is 6.48. The second-order valence-electron chi connectivity index (χ2n) is 3.50. The van der Waals surface area contributed by atoms with Gasteiger partial charge in [-0.2, -0.15) is 0 Å². The van der Waals surface area contributed by atoms with Crippen LogP contribution in [0.25, 0.3) is 0 Å². The zero-order valence-corrected chi connectivity index (χ0v) is 11.2. The summed E-state index contributed by atoms with van der Waals surface area (Å²) >= 11 is 3.62. The largest absolute Gasteiger partial charge is 0.465 e. The maximum Gasteiger partial charge on any atom is 0.319 e. The summed E-state index contributed by atoms with van der Waals surface area (Å²) in [6.07, 6.45) is 0.836. The van der Waals surface area contributed by atoms with Gasteiger partial charge in [0, 0.05) is 11.5 Å². The monoisotopic (exact) mass is 246 g/mol. The van der Waals surface area contributed by atoms with Crippen molar-refractivity contribution in [1.82, 2.24) is 0 Å². The molecule has 1 atom stereocenters. The Labute approximate surface area is 100 Å². The van der Waals surface area contributed by atoms with Crippen molar-refractivity contribution in [3.63, 3.8) is 0 Å². The predicted octanol–water partition coefficient (Wildman–Crippen LogP) is 3.08. The molecule has 0 saturated heterocycles. The molecule has 1 aliphatic heterocycles. The Balaban J connectivity index is 2.64. The Morgan fingerprint density at radius 1 is 1.47 bits per heavy atom. The molecule has 1 rings (SSSR count). The molecular formula is C11H18O2S2. The first-order valence-corrected chi connectivity index (χ1v) is 7.26. The number of hydrogen-bond acceptors (Lipinski definition) is 4. The van der Waals surface area contributed by atoms with Gasteiger partial charge in [0.15, 0.2) is 0 Å².